The lowest BCUT2D eigenvalue weighted by molar-refractivity contribution is -0.120. The third kappa shape index (κ3) is 5.48. The summed E-state index contributed by atoms with van der Waals surface area (Å²) >= 11 is 7.25. The van der Waals surface area contributed by atoms with Crippen molar-refractivity contribution in [3.63, 3.8) is 0 Å². The molecular weight excluding hydrogens is 435 g/mol. The first-order valence-corrected chi connectivity index (χ1v) is 10.8. The molecule has 7 heteroatoms. The molecule has 31 heavy (non-hydrogen) atoms. The Morgan fingerprint density at radius 3 is 2.42 bits per heavy atom. The summed E-state index contributed by atoms with van der Waals surface area (Å²) in [6.45, 7) is 0.222. The van der Waals surface area contributed by atoms with E-state index in [1.54, 1.807) is 41.3 Å². The SMILES string of the molecule is O=C(COc1ccc(Cl)cc1)N(Cc1ccccc1)c1nc(-c2ccc(F)cc2)cs1. The van der Waals surface area contributed by atoms with Crippen LogP contribution >= 0.6 is 22.9 Å². The van der Waals surface area contributed by atoms with Crippen LogP contribution in [0.4, 0.5) is 9.52 Å². The van der Waals surface area contributed by atoms with Gasteiger partial charge in [-0.05, 0) is 54.1 Å². The molecule has 0 aliphatic rings. The zero-order valence-electron chi connectivity index (χ0n) is 16.4. The molecule has 0 unspecified atom stereocenters. The standard InChI is InChI=1S/C24H18ClFN2O2S/c25-19-8-12-21(13-9-19)30-15-23(29)28(14-17-4-2-1-3-5-17)24-27-22(16-31-24)18-6-10-20(26)11-7-18/h1-13,16H,14-15H2. The number of nitrogens with zero attached hydrogens (tertiary/aromatic N) is 2. The number of anilines is 1. The van der Waals surface area contributed by atoms with Gasteiger partial charge in [0.05, 0.1) is 12.2 Å². The molecule has 0 bridgehead atoms. The smallest absolute Gasteiger partial charge is 0.267 e. The fraction of sp³-hybridized carbons (Fsp3) is 0.0833. The summed E-state index contributed by atoms with van der Waals surface area (Å²) in [5.74, 6) is 0.0294. The predicted molar refractivity (Wildman–Crippen MR) is 122 cm³/mol. The molecule has 4 nitrogen and oxygen atoms in total. The predicted octanol–water partition coefficient (Wildman–Crippen LogP) is 6.21. The second-order valence-corrected chi connectivity index (χ2v) is 8.00. The third-order valence-corrected chi connectivity index (χ3v) is 5.64. The van der Waals surface area contributed by atoms with E-state index in [-0.39, 0.29) is 18.3 Å². The first-order chi connectivity index (χ1) is 15.1. The van der Waals surface area contributed by atoms with Gasteiger partial charge in [-0.15, -0.1) is 11.3 Å². The van der Waals surface area contributed by atoms with Crippen molar-refractivity contribution in [2.24, 2.45) is 0 Å². The van der Waals surface area contributed by atoms with Crippen LogP contribution in [0.3, 0.4) is 0 Å². The van der Waals surface area contributed by atoms with E-state index in [1.165, 1.54) is 23.5 Å². The van der Waals surface area contributed by atoms with Crippen LogP contribution in [-0.2, 0) is 11.3 Å². The van der Waals surface area contributed by atoms with Crippen molar-refractivity contribution in [1.29, 1.82) is 0 Å². The molecule has 1 heterocycles. The van der Waals surface area contributed by atoms with Gasteiger partial charge in [0.1, 0.15) is 11.6 Å². The van der Waals surface area contributed by atoms with Crippen LogP contribution < -0.4 is 9.64 Å². The molecule has 156 valence electrons. The number of hydrogen-bond acceptors (Lipinski definition) is 4. The average molecular weight is 453 g/mol. The van der Waals surface area contributed by atoms with Crippen LogP contribution in [0, 0.1) is 5.82 Å². The number of aromatic nitrogens is 1. The van der Waals surface area contributed by atoms with Crippen LogP contribution in [0.15, 0.2) is 84.2 Å². The van der Waals surface area contributed by atoms with Gasteiger partial charge in [-0.1, -0.05) is 41.9 Å². The summed E-state index contributed by atoms with van der Waals surface area (Å²) in [5, 5.41) is 3.00. The summed E-state index contributed by atoms with van der Waals surface area (Å²) < 4.78 is 18.9. The van der Waals surface area contributed by atoms with Gasteiger partial charge in [0, 0.05) is 16.0 Å². The van der Waals surface area contributed by atoms with Crippen molar-refractivity contribution in [3.8, 4) is 17.0 Å². The van der Waals surface area contributed by atoms with Crippen LogP contribution in [-0.4, -0.2) is 17.5 Å². The van der Waals surface area contributed by atoms with E-state index in [1.807, 2.05) is 35.7 Å². The molecule has 0 fully saturated rings. The maximum Gasteiger partial charge on any atom is 0.267 e. The van der Waals surface area contributed by atoms with Gasteiger partial charge < -0.3 is 4.74 Å². The first kappa shape index (κ1) is 21.0. The molecule has 0 aliphatic carbocycles. The lowest BCUT2D eigenvalue weighted by atomic mass is 10.2. The van der Waals surface area contributed by atoms with Crippen LogP contribution in [0.25, 0.3) is 11.3 Å². The van der Waals surface area contributed by atoms with Crippen molar-refractivity contribution in [2.45, 2.75) is 6.54 Å². The quantitative estimate of drug-likeness (QED) is 0.334. The molecule has 0 radical (unpaired) electrons. The Morgan fingerprint density at radius 1 is 1.00 bits per heavy atom. The number of thiazole rings is 1. The van der Waals surface area contributed by atoms with Crippen molar-refractivity contribution in [1.82, 2.24) is 4.98 Å². The second kappa shape index (κ2) is 9.73. The number of carbonyl (C=O) groups is 1. The zero-order valence-corrected chi connectivity index (χ0v) is 17.9. The number of rotatable bonds is 7. The van der Waals surface area contributed by atoms with E-state index in [9.17, 15) is 9.18 Å². The Kier molecular flexibility index (Phi) is 6.60. The lowest BCUT2D eigenvalue weighted by Gasteiger charge is -2.20. The Hall–Kier alpha value is -3.22. The normalized spacial score (nSPS) is 10.6. The molecule has 4 rings (SSSR count). The molecule has 0 saturated carbocycles. The van der Waals surface area contributed by atoms with Crippen LogP contribution in [0.1, 0.15) is 5.56 Å². The van der Waals surface area contributed by atoms with Crippen molar-refractivity contribution < 1.29 is 13.9 Å². The second-order valence-electron chi connectivity index (χ2n) is 6.73. The van der Waals surface area contributed by atoms with E-state index in [0.717, 1.165) is 11.1 Å². The van der Waals surface area contributed by atoms with Crippen molar-refractivity contribution in [3.05, 3.63) is 101 Å². The number of benzene rings is 3. The highest BCUT2D eigenvalue weighted by atomic mass is 35.5. The zero-order chi connectivity index (χ0) is 21.6. The lowest BCUT2D eigenvalue weighted by Crippen LogP contribution is -2.34. The van der Waals surface area contributed by atoms with Crippen LogP contribution in [0.2, 0.25) is 5.02 Å². The minimum absolute atomic E-state index is 0.139. The molecule has 1 amide bonds. The molecule has 0 atom stereocenters. The molecule has 1 aromatic heterocycles. The van der Waals surface area contributed by atoms with Gasteiger partial charge in [-0.2, -0.15) is 0 Å². The third-order valence-electron chi connectivity index (χ3n) is 4.52. The molecular formula is C24H18ClFN2O2S. The van der Waals surface area contributed by atoms with Gasteiger partial charge in [0.25, 0.3) is 5.91 Å². The Balaban J connectivity index is 1.56. The number of carbonyl (C=O) groups excluding carboxylic acids is 1. The summed E-state index contributed by atoms with van der Waals surface area (Å²) in [7, 11) is 0. The van der Waals surface area contributed by atoms with Gasteiger partial charge in [-0.25, -0.2) is 9.37 Å². The van der Waals surface area contributed by atoms with E-state index in [0.29, 0.717) is 28.1 Å². The Labute approximate surface area is 188 Å². The molecule has 3 aromatic carbocycles. The summed E-state index contributed by atoms with van der Waals surface area (Å²) in [6, 6.07) is 22.6. The van der Waals surface area contributed by atoms with Gasteiger partial charge in [0.15, 0.2) is 11.7 Å². The minimum Gasteiger partial charge on any atom is -0.484 e. The fourth-order valence-corrected chi connectivity index (χ4v) is 3.90. The van der Waals surface area contributed by atoms with E-state index in [4.69, 9.17) is 16.3 Å². The molecule has 4 aromatic rings. The number of halogens is 2. The fourth-order valence-electron chi connectivity index (χ4n) is 2.92. The highest BCUT2D eigenvalue weighted by Crippen LogP contribution is 2.29. The monoisotopic (exact) mass is 452 g/mol. The number of ether oxygens (including phenoxy) is 1. The maximum atomic E-state index is 13.2. The Bertz CT molecular complexity index is 1150. The maximum absolute atomic E-state index is 13.2. The number of amides is 1. The highest BCUT2D eigenvalue weighted by Gasteiger charge is 2.21. The van der Waals surface area contributed by atoms with Gasteiger partial charge >= 0.3 is 0 Å². The van der Waals surface area contributed by atoms with Crippen molar-refractivity contribution in [2.75, 3.05) is 11.5 Å². The largest absolute Gasteiger partial charge is 0.484 e. The topological polar surface area (TPSA) is 42.4 Å². The molecule has 0 spiro atoms. The summed E-state index contributed by atoms with van der Waals surface area (Å²) in [4.78, 5) is 19.3. The van der Waals surface area contributed by atoms with E-state index >= 15 is 0 Å². The first-order valence-electron chi connectivity index (χ1n) is 9.52. The minimum atomic E-state index is -0.306. The average Bonchev–Trinajstić information content (AvgIpc) is 3.28. The van der Waals surface area contributed by atoms with Gasteiger partial charge in [-0.3, -0.25) is 9.69 Å². The van der Waals surface area contributed by atoms with E-state index < -0.39 is 0 Å². The van der Waals surface area contributed by atoms with Gasteiger partial charge in [0.2, 0.25) is 0 Å². The van der Waals surface area contributed by atoms with Crippen molar-refractivity contribution >= 4 is 34.0 Å². The van der Waals surface area contributed by atoms with E-state index in [2.05, 4.69) is 4.98 Å². The number of hydrogen-bond donors (Lipinski definition) is 0. The molecule has 0 aliphatic heterocycles. The van der Waals surface area contributed by atoms with Crippen LogP contribution in [0.5, 0.6) is 5.75 Å². The molecule has 0 saturated heterocycles. The Morgan fingerprint density at radius 2 is 1.71 bits per heavy atom. The molecule has 0 N–H and O–H groups in total. The summed E-state index contributed by atoms with van der Waals surface area (Å²) in [5.41, 5.74) is 2.44. The highest BCUT2D eigenvalue weighted by molar-refractivity contribution is 7.14. The summed E-state index contributed by atoms with van der Waals surface area (Å²) in [6.07, 6.45) is 0.